The lowest BCUT2D eigenvalue weighted by Crippen LogP contribution is -1.94. The molecule has 3 nitrogen and oxygen atoms in total. The quantitative estimate of drug-likeness (QED) is 0.794. The van der Waals surface area contributed by atoms with Crippen LogP contribution in [0.1, 0.15) is 5.56 Å². The number of hydrogen-bond acceptors (Lipinski definition) is 3. The molecule has 1 atom stereocenters. The first kappa shape index (κ1) is 13.4. The third-order valence-electron chi connectivity index (χ3n) is 2.52. The molecule has 0 bridgehead atoms. The molecule has 2 aromatic rings. The second-order valence-electron chi connectivity index (χ2n) is 3.83. The van der Waals surface area contributed by atoms with Gasteiger partial charge in [0.25, 0.3) is 0 Å². The summed E-state index contributed by atoms with van der Waals surface area (Å²) in [5, 5.41) is 18.9. The van der Waals surface area contributed by atoms with Crippen LogP contribution in [0, 0.1) is 10.5 Å². The highest BCUT2D eigenvalue weighted by Crippen LogP contribution is 2.26. The molecule has 0 spiro atoms. The van der Waals surface area contributed by atoms with E-state index in [0.29, 0.717) is 18.9 Å². The van der Waals surface area contributed by atoms with Crippen molar-refractivity contribution in [3.8, 4) is 11.5 Å². The highest BCUT2D eigenvalue weighted by atomic mass is 127. The van der Waals surface area contributed by atoms with E-state index in [-0.39, 0.29) is 11.5 Å². The van der Waals surface area contributed by atoms with Crippen molar-refractivity contribution in [1.29, 1.82) is 0 Å². The van der Waals surface area contributed by atoms with E-state index < -0.39 is 10.8 Å². The Bertz CT molecular complexity index is 572. The maximum absolute atomic E-state index is 12.3. The summed E-state index contributed by atoms with van der Waals surface area (Å²) < 4.78 is 13.0. The molecule has 0 aliphatic carbocycles. The highest BCUT2D eigenvalue weighted by Gasteiger charge is 2.10. The van der Waals surface area contributed by atoms with Crippen LogP contribution in [0.2, 0.25) is 0 Å². The van der Waals surface area contributed by atoms with Gasteiger partial charge in [0, 0.05) is 9.79 Å². The first-order valence-corrected chi connectivity index (χ1v) is 7.42. The Balaban J connectivity index is 2.41. The Kier molecular flexibility index (Phi) is 3.91. The fourth-order valence-corrected chi connectivity index (χ4v) is 3.37. The lowest BCUT2D eigenvalue weighted by Gasteiger charge is -2.06. The van der Waals surface area contributed by atoms with Crippen LogP contribution >= 0.6 is 22.6 Å². The molecule has 2 rings (SSSR count). The number of phenolic OH excluding ortho intramolecular Hbond substituents is 2. The van der Waals surface area contributed by atoms with Gasteiger partial charge in [0.05, 0.1) is 14.4 Å². The van der Waals surface area contributed by atoms with Crippen LogP contribution in [0.4, 0.5) is 0 Å². The van der Waals surface area contributed by atoms with Crippen LogP contribution in [0.3, 0.4) is 0 Å². The molecule has 1 unspecified atom stereocenters. The summed E-state index contributed by atoms with van der Waals surface area (Å²) in [7, 11) is -1.31. The van der Waals surface area contributed by atoms with E-state index in [1.54, 1.807) is 31.2 Å². The van der Waals surface area contributed by atoms with E-state index in [4.69, 9.17) is 0 Å². The Labute approximate surface area is 121 Å². The molecule has 18 heavy (non-hydrogen) atoms. The van der Waals surface area contributed by atoms with Crippen molar-refractivity contribution < 1.29 is 14.4 Å². The van der Waals surface area contributed by atoms with Crippen LogP contribution < -0.4 is 0 Å². The highest BCUT2D eigenvalue weighted by molar-refractivity contribution is 14.1. The molecular weight excluding hydrogens is 363 g/mol. The summed E-state index contributed by atoms with van der Waals surface area (Å²) >= 11 is 1.99. The third kappa shape index (κ3) is 2.67. The predicted molar refractivity (Wildman–Crippen MR) is 78.3 cm³/mol. The van der Waals surface area contributed by atoms with Crippen molar-refractivity contribution >= 4 is 33.4 Å². The van der Waals surface area contributed by atoms with E-state index >= 15 is 0 Å². The minimum Gasteiger partial charge on any atom is -0.508 e. The smallest absolute Gasteiger partial charge is 0.128 e. The maximum Gasteiger partial charge on any atom is 0.128 e. The van der Waals surface area contributed by atoms with E-state index in [9.17, 15) is 14.4 Å². The topological polar surface area (TPSA) is 57.5 Å². The molecule has 0 aliphatic rings. The SMILES string of the molecule is Cc1cc(S(=O)c2ccc(O)c(I)c2)ccc1O. The first-order valence-electron chi connectivity index (χ1n) is 5.19. The van der Waals surface area contributed by atoms with Crippen molar-refractivity contribution in [2.75, 3.05) is 0 Å². The fourth-order valence-electron chi connectivity index (χ4n) is 1.48. The third-order valence-corrected chi connectivity index (χ3v) is 4.74. The molecule has 5 heteroatoms. The molecule has 0 aliphatic heterocycles. The van der Waals surface area contributed by atoms with Crippen molar-refractivity contribution in [1.82, 2.24) is 0 Å². The van der Waals surface area contributed by atoms with Crippen LogP contribution in [-0.4, -0.2) is 14.4 Å². The molecule has 2 aromatic carbocycles. The molecule has 0 amide bonds. The Morgan fingerprint density at radius 1 is 1.00 bits per heavy atom. The Morgan fingerprint density at radius 3 is 2.11 bits per heavy atom. The second-order valence-corrected chi connectivity index (χ2v) is 6.47. The zero-order valence-corrected chi connectivity index (χ0v) is 12.5. The van der Waals surface area contributed by atoms with Gasteiger partial charge in [0.15, 0.2) is 0 Å². The van der Waals surface area contributed by atoms with Gasteiger partial charge in [-0.15, -0.1) is 0 Å². The molecular formula is C13H11IO3S. The van der Waals surface area contributed by atoms with Gasteiger partial charge in [-0.3, -0.25) is 0 Å². The van der Waals surface area contributed by atoms with Crippen molar-refractivity contribution in [2.45, 2.75) is 16.7 Å². The molecule has 0 saturated heterocycles. The van der Waals surface area contributed by atoms with Gasteiger partial charge in [-0.25, -0.2) is 4.21 Å². The number of halogens is 1. The van der Waals surface area contributed by atoms with Crippen LogP contribution in [0.25, 0.3) is 0 Å². The molecule has 0 fully saturated rings. The van der Waals surface area contributed by atoms with Crippen LogP contribution in [0.15, 0.2) is 46.2 Å². The van der Waals surface area contributed by atoms with E-state index in [1.807, 2.05) is 22.6 Å². The first-order chi connectivity index (χ1) is 8.49. The number of hydrogen-bond donors (Lipinski definition) is 2. The number of phenols is 2. The zero-order valence-electron chi connectivity index (χ0n) is 9.55. The molecule has 2 N–H and O–H groups in total. The normalized spacial score (nSPS) is 12.3. The summed E-state index contributed by atoms with van der Waals surface area (Å²) in [6, 6.07) is 9.73. The number of benzene rings is 2. The molecule has 0 aromatic heterocycles. The van der Waals surface area contributed by atoms with Gasteiger partial charge < -0.3 is 10.2 Å². The van der Waals surface area contributed by atoms with Gasteiger partial charge >= 0.3 is 0 Å². The summed E-state index contributed by atoms with van der Waals surface area (Å²) in [4.78, 5) is 1.26. The largest absolute Gasteiger partial charge is 0.508 e. The molecule has 0 saturated carbocycles. The number of rotatable bonds is 2. The van der Waals surface area contributed by atoms with Gasteiger partial charge in [-0.05, 0) is 71.5 Å². The summed E-state index contributed by atoms with van der Waals surface area (Å²) in [6.07, 6.45) is 0. The Morgan fingerprint density at radius 2 is 1.56 bits per heavy atom. The monoisotopic (exact) mass is 374 g/mol. The minimum absolute atomic E-state index is 0.179. The summed E-state index contributed by atoms with van der Waals surface area (Å²) in [5.74, 6) is 0.370. The van der Waals surface area contributed by atoms with Gasteiger partial charge in [0.1, 0.15) is 11.5 Å². The summed E-state index contributed by atoms with van der Waals surface area (Å²) in [6.45, 7) is 1.76. The van der Waals surface area contributed by atoms with E-state index in [1.165, 1.54) is 12.1 Å². The second kappa shape index (κ2) is 5.27. The van der Waals surface area contributed by atoms with E-state index in [0.717, 1.165) is 0 Å². The van der Waals surface area contributed by atoms with Crippen molar-refractivity contribution in [2.24, 2.45) is 0 Å². The lowest BCUT2D eigenvalue weighted by molar-refractivity contribution is 0.470. The lowest BCUT2D eigenvalue weighted by atomic mass is 10.2. The van der Waals surface area contributed by atoms with Gasteiger partial charge in [-0.1, -0.05) is 0 Å². The number of aryl methyl sites for hydroxylation is 1. The maximum atomic E-state index is 12.3. The minimum atomic E-state index is -1.31. The average molecular weight is 374 g/mol. The van der Waals surface area contributed by atoms with Crippen LogP contribution in [0.5, 0.6) is 11.5 Å². The Hall–Kier alpha value is -1.08. The van der Waals surface area contributed by atoms with Crippen molar-refractivity contribution in [3.05, 3.63) is 45.5 Å². The average Bonchev–Trinajstić information content (AvgIpc) is 2.35. The van der Waals surface area contributed by atoms with Crippen molar-refractivity contribution in [3.63, 3.8) is 0 Å². The molecule has 0 radical (unpaired) electrons. The fraction of sp³-hybridized carbons (Fsp3) is 0.0769. The molecule has 94 valence electrons. The van der Waals surface area contributed by atoms with E-state index in [2.05, 4.69) is 0 Å². The number of aromatic hydroxyl groups is 2. The molecule has 0 heterocycles. The van der Waals surface area contributed by atoms with Crippen LogP contribution in [-0.2, 0) is 10.8 Å². The predicted octanol–water partition coefficient (Wildman–Crippen LogP) is 3.18. The zero-order chi connectivity index (χ0) is 13.3. The van der Waals surface area contributed by atoms with Gasteiger partial charge in [0.2, 0.25) is 0 Å². The summed E-state index contributed by atoms with van der Waals surface area (Å²) in [5.41, 5.74) is 0.689. The van der Waals surface area contributed by atoms with Gasteiger partial charge in [-0.2, -0.15) is 0 Å². The standard InChI is InChI=1S/C13H11IO3S/c1-8-6-9(2-4-12(8)15)18(17)10-3-5-13(16)11(14)7-10/h2-7,15-16H,1H3.